The van der Waals surface area contributed by atoms with E-state index in [4.69, 9.17) is 0 Å². The summed E-state index contributed by atoms with van der Waals surface area (Å²) >= 11 is 3.44. The van der Waals surface area contributed by atoms with Crippen LogP contribution in [0, 0.1) is 5.82 Å². The fourth-order valence-electron chi connectivity index (χ4n) is 2.29. The van der Waals surface area contributed by atoms with Crippen molar-refractivity contribution in [1.82, 2.24) is 10.3 Å². The molecule has 0 amide bonds. The maximum atomic E-state index is 13.2. The standard InChI is InChI=1S/C16H14BrFN2/c17-15-6-5-13(18)7-11(15)8-19-9-12-10-20-16-4-2-1-3-14(12)16/h1-7,10,19-20H,8-9H2. The number of benzene rings is 2. The van der Waals surface area contributed by atoms with Crippen molar-refractivity contribution in [3.63, 3.8) is 0 Å². The average molecular weight is 333 g/mol. The SMILES string of the molecule is Fc1ccc(Br)c(CNCc2c[nH]c3ccccc23)c1. The second-order valence-electron chi connectivity index (χ2n) is 4.70. The van der Waals surface area contributed by atoms with E-state index >= 15 is 0 Å². The molecule has 0 fully saturated rings. The number of hydrogen-bond donors (Lipinski definition) is 2. The molecule has 0 saturated heterocycles. The molecular weight excluding hydrogens is 319 g/mol. The zero-order chi connectivity index (χ0) is 13.9. The second-order valence-corrected chi connectivity index (χ2v) is 5.55. The van der Waals surface area contributed by atoms with Crippen LogP contribution in [-0.4, -0.2) is 4.98 Å². The number of H-pyrrole nitrogens is 1. The average Bonchev–Trinajstić information content (AvgIpc) is 2.86. The number of nitrogens with one attached hydrogen (secondary N) is 2. The second kappa shape index (κ2) is 5.77. The van der Waals surface area contributed by atoms with Gasteiger partial charge in [0.2, 0.25) is 0 Å². The number of aromatic nitrogens is 1. The van der Waals surface area contributed by atoms with Crippen molar-refractivity contribution in [1.29, 1.82) is 0 Å². The quantitative estimate of drug-likeness (QED) is 0.729. The molecule has 0 aliphatic heterocycles. The number of halogens is 2. The first-order valence-corrected chi connectivity index (χ1v) is 7.23. The van der Waals surface area contributed by atoms with Crippen LogP contribution in [0.15, 0.2) is 53.1 Å². The van der Waals surface area contributed by atoms with Gasteiger partial charge in [-0.2, -0.15) is 0 Å². The van der Waals surface area contributed by atoms with Gasteiger partial charge in [0, 0.05) is 34.7 Å². The summed E-state index contributed by atoms with van der Waals surface area (Å²) in [6.45, 7) is 1.37. The van der Waals surface area contributed by atoms with Crippen LogP contribution in [0.2, 0.25) is 0 Å². The van der Waals surface area contributed by atoms with Crippen LogP contribution in [0.5, 0.6) is 0 Å². The van der Waals surface area contributed by atoms with Crippen molar-refractivity contribution < 1.29 is 4.39 Å². The molecule has 1 aromatic heterocycles. The van der Waals surface area contributed by atoms with Gasteiger partial charge in [-0.05, 0) is 35.4 Å². The Hall–Kier alpha value is -1.65. The normalized spacial score (nSPS) is 11.1. The van der Waals surface area contributed by atoms with Crippen molar-refractivity contribution in [3.05, 3.63) is 70.1 Å². The number of fused-ring (bicyclic) bond motifs is 1. The molecule has 102 valence electrons. The first-order chi connectivity index (χ1) is 9.74. The Morgan fingerprint density at radius 1 is 1.05 bits per heavy atom. The van der Waals surface area contributed by atoms with Gasteiger partial charge >= 0.3 is 0 Å². The highest BCUT2D eigenvalue weighted by molar-refractivity contribution is 9.10. The molecule has 0 spiro atoms. The molecule has 1 heterocycles. The summed E-state index contributed by atoms with van der Waals surface area (Å²) in [6, 6.07) is 12.9. The first-order valence-electron chi connectivity index (χ1n) is 6.43. The van der Waals surface area contributed by atoms with Crippen molar-refractivity contribution >= 4 is 26.8 Å². The molecule has 0 unspecified atom stereocenters. The molecule has 0 radical (unpaired) electrons. The molecule has 3 aromatic rings. The van der Waals surface area contributed by atoms with Crippen molar-refractivity contribution in [2.45, 2.75) is 13.1 Å². The highest BCUT2D eigenvalue weighted by Crippen LogP contribution is 2.19. The third-order valence-electron chi connectivity index (χ3n) is 3.31. The van der Waals surface area contributed by atoms with Gasteiger partial charge in [-0.25, -0.2) is 4.39 Å². The number of hydrogen-bond acceptors (Lipinski definition) is 1. The Kier molecular flexibility index (Phi) is 3.85. The molecule has 4 heteroatoms. The Labute approximate surface area is 125 Å². The van der Waals surface area contributed by atoms with Crippen molar-refractivity contribution in [2.75, 3.05) is 0 Å². The van der Waals surface area contributed by atoms with Gasteiger partial charge in [0.25, 0.3) is 0 Å². The van der Waals surface area contributed by atoms with Crippen LogP contribution in [0.4, 0.5) is 4.39 Å². The predicted molar refractivity (Wildman–Crippen MR) is 82.9 cm³/mol. The Morgan fingerprint density at radius 3 is 2.75 bits per heavy atom. The van der Waals surface area contributed by atoms with Gasteiger partial charge in [-0.3, -0.25) is 0 Å². The lowest BCUT2D eigenvalue weighted by molar-refractivity contribution is 0.619. The summed E-state index contributed by atoms with van der Waals surface area (Å²) in [5.74, 6) is -0.211. The van der Waals surface area contributed by atoms with E-state index in [1.165, 1.54) is 17.0 Å². The highest BCUT2D eigenvalue weighted by atomic mass is 79.9. The third kappa shape index (κ3) is 2.76. The summed E-state index contributed by atoms with van der Waals surface area (Å²) in [7, 11) is 0. The van der Waals surface area contributed by atoms with Gasteiger partial charge in [-0.1, -0.05) is 34.1 Å². The molecule has 20 heavy (non-hydrogen) atoms. The van der Waals surface area contributed by atoms with Gasteiger partial charge < -0.3 is 10.3 Å². The largest absolute Gasteiger partial charge is 0.361 e. The van der Waals surface area contributed by atoms with Gasteiger partial charge in [0.15, 0.2) is 0 Å². The predicted octanol–water partition coefficient (Wildman–Crippen LogP) is 4.36. The lowest BCUT2D eigenvalue weighted by atomic mass is 10.1. The lowest BCUT2D eigenvalue weighted by Gasteiger charge is -2.06. The zero-order valence-electron chi connectivity index (χ0n) is 10.8. The first kappa shape index (κ1) is 13.3. The van der Waals surface area contributed by atoms with E-state index in [0.717, 1.165) is 22.1 Å². The monoisotopic (exact) mass is 332 g/mol. The fraction of sp³-hybridized carbons (Fsp3) is 0.125. The molecule has 0 atom stereocenters. The third-order valence-corrected chi connectivity index (χ3v) is 4.09. The van der Waals surface area contributed by atoms with E-state index in [1.807, 2.05) is 18.3 Å². The Bertz CT molecular complexity index is 736. The minimum Gasteiger partial charge on any atom is -0.361 e. The minimum absolute atomic E-state index is 0.211. The molecule has 2 nitrogen and oxygen atoms in total. The van der Waals surface area contributed by atoms with Crippen LogP contribution in [0.25, 0.3) is 10.9 Å². The van der Waals surface area contributed by atoms with Crippen molar-refractivity contribution in [3.8, 4) is 0 Å². The van der Waals surface area contributed by atoms with Crippen LogP contribution < -0.4 is 5.32 Å². The topological polar surface area (TPSA) is 27.8 Å². The van der Waals surface area contributed by atoms with E-state index in [-0.39, 0.29) is 5.82 Å². The van der Waals surface area contributed by atoms with E-state index in [1.54, 1.807) is 12.1 Å². The molecule has 0 aliphatic rings. The number of aromatic amines is 1. The maximum Gasteiger partial charge on any atom is 0.123 e. The summed E-state index contributed by atoms with van der Waals surface area (Å²) < 4.78 is 14.1. The van der Waals surface area contributed by atoms with E-state index in [2.05, 4.69) is 38.4 Å². The van der Waals surface area contributed by atoms with Crippen molar-refractivity contribution in [2.24, 2.45) is 0 Å². The summed E-state index contributed by atoms with van der Waals surface area (Å²) in [6.07, 6.45) is 2.01. The van der Waals surface area contributed by atoms with Crippen LogP contribution in [0.1, 0.15) is 11.1 Å². The summed E-state index contributed by atoms with van der Waals surface area (Å²) in [5.41, 5.74) is 3.27. The molecule has 2 aromatic carbocycles. The number of para-hydroxylation sites is 1. The zero-order valence-corrected chi connectivity index (χ0v) is 12.4. The van der Waals surface area contributed by atoms with E-state index in [9.17, 15) is 4.39 Å². The molecule has 0 saturated carbocycles. The van der Waals surface area contributed by atoms with Crippen LogP contribution >= 0.6 is 15.9 Å². The minimum atomic E-state index is -0.211. The van der Waals surface area contributed by atoms with Gasteiger partial charge in [-0.15, -0.1) is 0 Å². The van der Waals surface area contributed by atoms with Crippen LogP contribution in [-0.2, 0) is 13.1 Å². The fourth-order valence-corrected chi connectivity index (χ4v) is 2.68. The van der Waals surface area contributed by atoms with E-state index in [0.29, 0.717) is 6.54 Å². The Balaban J connectivity index is 1.69. The van der Waals surface area contributed by atoms with E-state index < -0.39 is 0 Å². The summed E-state index contributed by atoms with van der Waals surface area (Å²) in [5, 5.41) is 4.57. The number of rotatable bonds is 4. The van der Waals surface area contributed by atoms with Crippen LogP contribution in [0.3, 0.4) is 0 Å². The molecular formula is C16H14BrFN2. The van der Waals surface area contributed by atoms with Gasteiger partial charge in [0.1, 0.15) is 5.82 Å². The summed E-state index contributed by atoms with van der Waals surface area (Å²) in [4.78, 5) is 3.25. The lowest BCUT2D eigenvalue weighted by Crippen LogP contribution is -2.13. The molecule has 2 N–H and O–H groups in total. The molecule has 0 bridgehead atoms. The Morgan fingerprint density at radius 2 is 1.85 bits per heavy atom. The smallest absolute Gasteiger partial charge is 0.123 e. The highest BCUT2D eigenvalue weighted by Gasteiger charge is 2.04. The molecule has 3 rings (SSSR count). The van der Waals surface area contributed by atoms with Gasteiger partial charge in [0.05, 0.1) is 0 Å². The maximum absolute atomic E-state index is 13.2. The molecule has 0 aliphatic carbocycles.